The largest absolute Gasteiger partial charge is 0.339 e. The molecular formula is C20H17ClN2O2S. The van der Waals surface area contributed by atoms with Crippen molar-refractivity contribution in [2.75, 3.05) is 5.75 Å². The third kappa shape index (κ3) is 2.81. The molecule has 4 rings (SSSR count). The molecule has 4 nitrogen and oxygen atoms in total. The van der Waals surface area contributed by atoms with E-state index in [0.29, 0.717) is 17.3 Å². The molecule has 0 saturated carbocycles. The molecule has 132 valence electrons. The Morgan fingerprint density at radius 3 is 2.65 bits per heavy atom. The molecule has 3 aromatic rings. The van der Waals surface area contributed by atoms with E-state index in [1.807, 2.05) is 43.4 Å². The van der Waals surface area contributed by atoms with Gasteiger partial charge in [-0.05, 0) is 23.8 Å². The number of carbonyl (C=O) groups excluding carboxylic acids is 2. The molecule has 0 spiro atoms. The van der Waals surface area contributed by atoms with E-state index in [-0.39, 0.29) is 5.91 Å². The van der Waals surface area contributed by atoms with Gasteiger partial charge in [0.25, 0.3) is 0 Å². The van der Waals surface area contributed by atoms with Crippen LogP contribution in [0.25, 0.3) is 10.9 Å². The van der Waals surface area contributed by atoms with E-state index in [1.54, 1.807) is 17.0 Å². The standard InChI is InChI=1S/C20H17ClN2O2S/c1-22-16-5-3-2-4-15(16)19-17(11-24)23(18(25)12-26-20(19)22)10-13-6-8-14(21)9-7-13/h2-9,11,17H,10,12H2,1H3. The number of rotatable bonds is 3. The quantitative estimate of drug-likeness (QED) is 0.635. The molecule has 26 heavy (non-hydrogen) atoms. The summed E-state index contributed by atoms with van der Waals surface area (Å²) in [5.41, 5.74) is 2.93. The predicted octanol–water partition coefficient (Wildman–Crippen LogP) is 4.21. The fourth-order valence-corrected chi connectivity index (χ4v) is 4.73. The van der Waals surface area contributed by atoms with E-state index in [0.717, 1.165) is 33.3 Å². The van der Waals surface area contributed by atoms with Gasteiger partial charge in [-0.25, -0.2) is 0 Å². The molecule has 2 aromatic carbocycles. The van der Waals surface area contributed by atoms with Gasteiger partial charge in [-0.15, -0.1) is 0 Å². The molecule has 0 radical (unpaired) electrons. The highest BCUT2D eigenvalue weighted by Gasteiger charge is 2.34. The number of aldehydes is 1. The minimum absolute atomic E-state index is 0.0395. The molecule has 1 unspecified atom stereocenters. The van der Waals surface area contributed by atoms with Gasteiger partial charge < -0.3 is 14.3 Å². The first-order valence-electron chi connectivity index (χ1n) is 8.29. The molecule has 0 N–H and O–H groups in total. The number of benzene rings is 2. The van der Waals surface area contributed by atoms with Gasteiger partial charge >= 0.3 is 0 Å². The fraction of sp³-hybridized carbons (Fsp3) is 0.200. The Kier molecular flexibility index (Phi) is 4.51. The first kappa shape index (κ1) is 17.2. The van der Waals surface area contributed by atoms with Crippen molar-refractivity contribution in [1.29, 1.82) is 0 Å². The Bertz CT molecular complexity index is 997. The van der Waals surface area contributed by atoms with Crippen molar-refractivity contribution < 1.29 is 9.59 Å². The van der Waals surface area contributed by atoms with Crippen molar-refractivity contribution >= 4 is 46.5 Å². The summed E-state index contributed by atoms with van der Waals surface area (Å²) >= 11 is 7.46. The Morgan fingerprint density at radius 1 is 1.19 bits per heavy atom. The van der Waals surface area contributed by atoms with Crippen LogP contribution < -0.4 is 0 Å². The lowest BCUT2D eigenvalue weighted by Gasteiger charge is -2.26. The summed E-state index contributed by atoms with van der Waals surface area (Å²) in [6.45, 7) is 0.378. The van der Waals surface area contributed by atoms with Crippen LogP contribution in [-0.4, -0.2) is 27.4 Å². The Balaban J connectivity index is 1.83. The number of thioether (sulfide) groups is 1. The number of aryl methyl sites for hydroxylation is 1. The summed E-state index contributed by atoms with van der Waals surface area (Å²) in [7, 11) is 1.98. The van der Waals surface area contributed by atoms with Gasteiger partial charge in [0.1, 0.15) is 12.3 Å². The zero-order chi connectivity index (χ0) is 18.3. The molecule has 0 fully saturated rings. The van der Waals surface area contributed by atoms with Gasteiger partial charge in [0.2, 0.25) is 5.91 Å². The number of hydrogen-bond donors (Lipinski definition) is 0. The highest BCUT2D eigenvalue weighted by Crippen LogP contribution is 2.41. The molecule has 1 atom stereocenters. The second-order valence-corrected chi connectivity index (χ2v) is 7.71. The lowest BCUT2D eigenvalue weighted by atomic mass is 10.0. The van der Waals surface area contributed by atoms with Gasteiger partial charge in [-0.1, -0.05) is 53.7 Å². The number of amides is 1. The fourth-order valence-electron chi connectivity index (χ4n) is 3.50. The Hall–Kier alpha value is -2.24. The number of carbonyl (C=O) groups is 2. The molecule has 0 aliphatic carbocycles. The lowest BCUT2D eigenvalue weighted by molar-refractivity contribution is -0.134. The smallest absolute Gasteiger partial charge is 0.234 e. The van der Waals surface area contributed by atoms with E-state index < -0.39 is 6.04 Å². The second kappa shape index (κ2) is 6.82. The van der Waals surface area contributed by atoms with Crippen LogP contribution in [-0.2, 0) is 23.2 Å². The minimum atomic E-state index is -0.603. The molecular weight excluding hydrogens is 368 g/mol. The molecule has 1 aliphatic rings. The highest BCUT2D eigenvalue weighted by molar-refractivity contribution is 8.00. The van der Waals surface area contributed by atoms with Crippen molar-refractivity contribution in [2.24, 2.45) is 7.05 Å². The summed E-state index contributed by atoms with van der Waals surface area (Å²) in [4.78, 5) is 26.5. The SMILES string of the molecule is Cn1c2c(c3ccccc31)C(C=O)N(Cc1ccc(Cl)cc1)C(=O)CS2. The van der Waals surface area contributed by atoms with Gasteiger partial charge in [-0.2, -0.15) is 0 Å². The molecule has 1 aromatic heterocycles. The normalized spacial score (nSPS) is 17.2. The predicted molar refractivity (Wildman–Crippen MR) is 104 cm³/mol. The molecule has 6 heteroatoms. The number of halogens is 1. The Labute approximate surface area is 160 Å². The van der Waals surface area contributed by atoms with Crippen LogP contribution >= 0.6 is 23.4 Å². The summed E-state index contributed by atoms with van der Waals surface area (Å²) in [5, 5.41) is 2.65. The van der Waals surface area contributed by atoms with Gasteiger partial charge in [0, 0.05) is 35.1 Å². The molecule has 1 amide bonds. The maximum atomic E-state index is 12.8. The van der Waals surface area contributed by atoms with Crippen molar-refractivity contribution in [1.82, 2.24) is 9.47 Å². The van der Waals surface area contributed by atoms with Crippen LogP contribution in [0.3, 0.4) is 0 Å². The summed E-state index contributed by atoms with van der Waals surface area (Å²) in [5.74, 6) is 0.275. The second-order valence-electron chi connectivity index (χ2n) is 6.31. The average Bonchev–Trinajstić information content (AvgIpc) is 2.85. The summed E-state index contributed by atoms with van der Waals surface area (Å²) in [6, 6.07) is 14.8. The monoisotopic (exact) mass is 384 g/mol. The first-order valence-corrected chi connectivity index (χ1v) is 9.66. The van der Waals surface area contributed by atoms with Crippen LogP contribution in [0.5, 0.6) is 0 Å². The van der Waals surface area contributed by atoms with E-state index in [9.17, 15) is 9.59 Å². The summed E-state index contributed by atoms with van der Waals surface area (Å²) < 4.78 is 2.07. The van der Waals surface area contributed by atoms with Gasteiger partial charge in [0.15, 0.2) is 0 Å². The van der Waals surface area contributed by atoms with E-state index >= 15 is 0 Å². The van der Waals surface area contributed by atoms with Crippen molar-refractivity contribution in [2.45, 2.75) is 17.6 Å². The number of hydrogen-bond acceptors (Lipinski definition) is 3. The zero-order valence-corrected chi connectivity index (χ0v) is 15.8. The molecule has 0 bridgehead atoms. The van der Waals surface area contributed by atoms with E-state index in [1.165, 1.54) is 11.8 Å². The maximum absolute atomic E-state index is 12.8. The Morgan fingerprint density at radius 2 is 1.92 bits per heavy atom. The average molecular weight is 385 g/mol. The third-order valence-corrected chi connectivity index (χ3v) is 6.18. The van der Waals surface area contributed by atoms with Crippen LogP contribution in [0.1, 0.15) is 17.2 Å². The zero-order valence-electron chi connectivity index (χ0n) is 14.2. The first-order chi connectivity index (χ1) is 12.6. The van der Waals surface area contributed by atoms with Crippen LogP contribution in [0.15, 0.2) is 53.6 Å². The van der Waals surface area contributed by atoms with Crippen molar-refractivity contribution in [3.63, 3.8) is 0 Å². The lowest BCUT2D eigenvalue weighted by Crippen LogP contribution is -2.35. The summed E-state index contributed by atoms with van der Waals surface area (Å²) in [6.07, 6.45) is 0.880. The highest BCUT2D eigenvalue weighted by atomic mass is 35.5. The number of aromatic nitrogens is 1. The van der Waals surface area contributed by atoms with E-state index in [4.69, 9.17) is 11.6 Å². The number of fused-ring (bicyclic) bond motifs is 3. The molecule has 2 heterocycles. The van der Waals surface area contributed by atoms with Crippen LogP contribution in [0.2, 0.25) is 5.02 Å². The van der Waals surface area contributed by atoms with E-state index in [2.05, 4.69) is 4.57 Å². The maximum Gasteiger partial charge on any atom is 0.234 e. The van der Waals surface area contributed by atoms with Crippen molar-refractivity contribution in [3.05, 3.63) is 64.7 Å². The van der Waals surface area contributed by atoms with Crippen LogP contribution in [0.4, 0.5) is 0 Å². The minimum Gasteiger partial charge on any atom is -0.339 e. The van der Waals surface area contributed by atoms with Crippen LogP contribution in [0, 0.1) is 0 Å². The molecule has 0 saturated heterocycles. The van der Waals surface area contributed by atoms with Gasteiger partial charge in [0.05, 0.1) is 10.8 Å². The number of nitrogens with zero attached hydrogens (tertiary/aromatic N) is 2. The molecule has 1 aliphatic heterocycles. The van der Waals surface area contributed by atoms with Crippen molar-refractivity contribution in [3.8, 4) is 0 Å². The third-order valence-electron chi connectivity index (χ3n) is 4.77. The van der Waals surface area contributed by atoms with Gasteiger partial charge in [-0.3, -0.25) is 4.79 Å². The topological polar surface area (TPSA) is 42.3 Å². The number of para-hydroxylation sites is 1.